The number of ether oxygens (including phenoxy) is 2. The fourth-order valence-electron chi connectivity index (χ4n) is 2.34. The first-order valence-corrected chi connectivity index (χ1v) is 8.59. The second kappa shape index (κ2) is 10.2. The highest BCUT2D eigenvalue weighted by Crippen LogP contribution is 2.25. The van der Waals surface area contributed by atoms with E-state index in [1.807, 2.05) is 5.32 Å². The molecular formula is C21H21F2NO4. The number of nitrogens with one attached hydrogen (secondary N) is 1. The minimum absolute atomic E-state index is 0.120. The van der Waals surface area contributed by atoms with Crippen molar-refractivity contribution in [3.8, 4) is 0 Å². The van der Waals surface area contributed by atoms with Gasteiger partial charge in [0.1, 0.15) is 13.2 Å². The zero-order valence-electron chi connectivity index (χ0n) is 15.1. The summed E-state index contributed by atoms with van der Waals surface area (Å²) in [4.78, 5) is 24.2. The molecule has 5 nitrogen and oxygen atoms in total. The number of carbonyl (C=O) groups excluding carboxylic acids is 2. The average Bonchev–Trinajstić information content (AvgIpc) is 2.70. The van der Waals surface area contributed by atoms with E-state index in [1.54, 1.807) is 60.7 Å². The molecule has 7 heteroatoms. The predicted octanol–water partition coefficient (Wildman–Crippen LogP) is 4.24. The maximum Gasteiger partial charge on any atom is 0.408 e. The Morgan fingerprint density at radius 3 is 1.96 bits per heavy atom. The van der Waals surface area contributed by atoms with E-state index in [0.717, 1.165) is 6.08 Å². The maximum absolute atomic E-state index is 14.3. The van der Waals surface area contributed by atoms with E-state index in [0.29, 0.717) is 11.1 Å². The van der Waals surface area contributed by atoms with Gasteiger partial charge in [-0.05, 0) is 11.1 Å². The summed E-state index contributed by atoms with van der Waals surface area (Å²) >= 11 is 0. The molecule has 0 aliphatic rings. The normalized spacial score (nSPS) is 11.9. The molecule has 0 heterocycles. The number of esters is 1. The Bertz CT molecular complexity index is 782. The molecule has 0 bridgehead atoms. The van der Waals surface area contributed by atoms with Crippen molar-refractivity contribution in [3.05, 3.63) is 84.4 Å². The number of hydrogen-bond acceptors (Lipinski definition) is 4. The zero-order valence-corrected chi connectivity index (χ0v) is 15.1. The largest absolute Gasteiger partial charge is 0.459 e. The van der Waals surface area contributed by atoms with Gasteiger partial charge in [0.15, 0.2) is 6.04 Å². The fraction of sp³-hybridized carbons (Fsp3) is 0.238. The van der Waals surface area contributed by atoms with Gasteiger partial charge in [-0.2, -0.15) is 0 Å². The van der Waals surface area contributed by atoms with Gasteiger partial charge in [-0.15, -0.1) is 6.58 Å². The summed E-state index contributed by atoms with van der Waals surface area (Å²) in [6.45, 7) is 2.95. The van der Waals surface area contributed by atoms with Crippen LogP contribution < -0.4 is 5.32 Å². The van der Waals surface area contributed by atoms with E-state index in [4.69, 9.17) is 9.47 Å². The van der Waals surface area contributed by atoms with Gasteiger partial charge in [-0.25, -0.2) is 18.4 Å². The number of halogens is 2. The Hall–Kier alpha value is -3.22. The standard InChI is InChI=1S/C21H21F2NO4/c1-2-13-21(22,23)18(19(25)27-14-16-9-5-3-6-10-16)24-20(26)28-15-17-11-7-4-8-12-17/h2-12,18H,1,13-15H2,(H,24,26)/t18-/m1/s1. The van der Waals surface area contributed by atoms with Crippen LogP contribution >= 0.6 is 0 Å². The summed E-state index contributed by atoms with van der Waals surface area (Å²) < 4.78 is 38.6. The highest BCUT2D eigenvalue weighted by Gasteiger charge is 2.46. The first-order valence-electron chi connectivity index (χ1n) is 8.59. The van der Waals surface area contributed by atoms with E-state index < -0.39 is 30.4 Å². The number of benzene rings is 2. The highest BCUT2D eigenvalue weighted by atomic mass is 19.3. The molecule has 2 aromatic carbocycles. The van der Waals surface area contributed by atoms with Crippen molar-refractivity contribution >= 4 is 12.1 Å². The van der Waals surface area contributed by atoms with Gasteiger partial charge in [-0.1, -0.05) is 66.7 Å². The van der Waals surface area contributed by atoms with Gasteiger partial charge in [0.25, 0.3) is 5.92 Å². The molecule has 0 saturated heterocycles. The molecule has 0 radical (unpaired) electrons. The van der Waals surface area contributed by atoms with E-state index in [-0.39, 0.29) is 13.2 Å². The maximum atomic E-state index is 14.3. The molecular weight excluding hydrogens is 368 g/mol. The lowest BCUT2D eigenvalue weighted by Crippen LogP contribution is -2.53. The van der Waals surface area contributed by atoms with Crippen molar-refractivity contribution in [2.24, 2.45) is 0 Å². The van der Waals surface area contributed by atoms with Crippen LogP contribution in [0, 0.1) is 0 Å². The summed E-state index contributed by atoms with van der Waals surface area (Å²) in [6, 6.07) is 15.1. The molecule has 2 rings (SSSR count). The third kappa shape index (κ3) is 6.50. The second-order valence-electron chi connectivity index (χ2n) is 5.99. The third-order valence-electron chi connectivity index (χ3n) is 3.77. The molecule has 0 saturated carbocycles. The Labute approximate surface area is 162 Å². The Kier molecular flexibility index (Phi) is 7.68. The Balaban J connectivity index is 2.00. The molecule has 1 amide bonds. The number of allylic oxidation sites excluding steroid dienone is 1. The lowest BCUT2D eigenvalue weighted by molar-refractivity contribution is -0.158. The molecule has 28 heavy (non-hydrogen) atoms. The fourth-order valence-corrected chi connectivity index (χ4v) is 2.34. The summed E-state index contributed by atoms with van der Waals surface area (Å²) in [7, 11) is 0. The van der Waals surface area contributed by atoms with Gasteiger partial charge in [-0.3, -0.25) is 0 Å². The van der Waals surface area contributed by atoms with Crippen molar-refractivity contribution in [2.45, 2.75) is 31.6 Å². The van der Waals surface area contributed by atoms with Crippen LogP contribution in [0.3, 0.4) is 0 Å². The van der Waals surface area contributed by atoms with Gasteiger partial charge < -0.3 is 14.8 Å². The lowest BCUT2D eigenvalue weighted by atomic mass is 10.1. The van der Waals surface area contributed by atoms with E-state index >= 15 is 0 Å². The number of alkyl halides is 2. The van der Waals surface area contributed by atoms with E-state index in [2.05, 4.69) is 6.58 Å². The average molecular weight is 389 g/mol. The van der Waals surface area contributed by atoms with Crippen LogP contribution in [0.5, 0.6) is 0 Å². The summed E-state index contributed by atoms with van der Waals surface area (Å²) in [5.41, 5.74) is 1.31. The van der Waals surface area contributed by atoms with Crippen LogP contribution in [-0.2, 0) is 27.5 Å². The third-order valence-corrected chi connectivity index (χ3v) is 3.77. The first-order chi connectivity index (χ1) is 13.4. The molecule has 0 aliphatic heterocycles. The van der Waals surface area contributed by atoms with Crippen LogP contribution in [0.15, 0.2) is 73.3 Å². The minimum atomic E-state index is -3.58. The Morgan fingerprint density at radius 2 is 1.46 bits per heavy atom. The molecule has 0 unspecified atom stereocenters. The molecule has 148 valence electrons. The van der Waals surface area contributed by atoms with Crippen LogP contribution in [-0.4, -0.2) is 24.0 Å². The van der Waals surface area contributed by atoms with Crippen molar-refractivity contribution in [2.75, 3.05) is 0 Å². The predicted molar refractivity (Wildman–Crippen MR) is 99.5 cm³/mol. The molecule has 0 spiro atoms. The number of hydrogen-bond donors (Lipinski definition) is 1. The Morgan fingerprint density at radius 1 is 0.964 bits per heavy atom. The summed E-state index contributed by atoms with van der Waals surface area (Å²) in [6.07, 6.45) is -0.986. The van der Waals surface area contributed by atoms with E-state index in [9.17, 15) is 18.4 Å². The van der Waals surface area contributed by atoms with E-state index in [1.165, 1.54) is 0 Å². The molecule has 1 atom stereocenters. The van der Waals surface area contributed by atoms with Crippen LogP contribution in [0.4, 0.5) is 13.6 Å². The number of alkyl carbamates (subject to hydrolysis) is 1. The molecule has 1 N–H and O–H groups in total. The van der Waals surface area contributed by atoms with Crippen LogP contribution in [0.2, 0.25) is 0 Å². The van der Waals surface area contributed by atoms with Crippen LogP contribution in [0.1, 0.15) is 17.5 Å². The van der Waals surface area contributed by atoms with Crippen molar-refractivity contribution in [3.63, 3.8) is 0 Å². The summed E-state index contributed by atoms with van der Waals surface area (Å²) in [5.74, 6) is -4.84. The van der Waals surface area contributed by atoms with Gasteiger partial charge in [0.05, 0.1) is 0 Å². The highest BCUT2D eigenvalue weighted by molar-refractivity contribution is 5.82. The second-order valence-corrected chi connectivity index (χ2v) is 5.99. The van der Waals surface area contributed by atoms with Gasteiger partial charge in [0.2, 0.25) is 0 Å². The molecule has 2 aromatic rings. The first kappa shape index (κ1) is 21.1. The smallest absolute Gasteiger partial charge is 0.408 e. The molecule has 0 aromatic heterocycles. The number of rotatable bonds is 9. The summed E-state index contributed by atoms with van der Waals surface area (Å²) in [5, 5.41) is 1.91. The molecule has 0 aliphatic carbocycles. The van der Waals surface area contributed by atoms with Crippen molar-refractivity contribution in [1.29, 1.82) is 0 Å². The zero-order chi connectivity index (χ0) is 20.4. The number of amides is 1. The van der Waals surface area contributed by atoms with Gasteiger partial charge in [0, 0.05) is 6.42 Å². The lowest BCUT2D eigenvalue weighted by Gasteiger charge is -2.25. The topological polar surface area (TPSA) is 64.6 Å². The monoisotopic (exact) mass is 389 g/mol. The quantitative estimate of drug-likeness (QED) is 0.515. The molecule has 0 fully saturated rings. The number of carbonyl (C=O) groups is 2. The minimum Gasteiger partial charge on any atom is -0.459 e. The van der Waals surface area contributed by atoms with Gasteiger partial charge >= 0.3 is 12.1 Å². The van der Waals surface area contributed by atoms with Crippen molar-refractivity contribution < 1.29 is 27.8 Å². The SMILES string of the molecule is C=CCC(F)(F)[C@H](NC(=O)OCc1ccccc1)C(=O)OCc1ccccc1. The van der Waals surface area contributed by atoms with Crippen LogP contribution in [0.25, 0.3) is 0 Å². The van der Waals surface area contributed by atoms with Crippen molar-refractivity contribution in [1.82, 2.24) is 5.32 Å².